The molecule has 1 aliphatic rings. The van der Waals surface area contributed by atoms with Crippen molar-refractivity contribution in [1.82, 2.24) is 0 Å². The lowest BCUT2D eigenvalue weighted by Gasteiger charge is -2.28. The fourth-order valence-electron chi connectivity index (χ4n) is 2.44. The average molecular weight is 341 g/mol. The molecule has 1 heterocycles. The van der Waals surface area contributed by atoms with Gasteiger partial charge in [0.05, 0.1) is 23.3 Å². The van der Waals surface area contributed by atoms with Crippen LogP contribution < -0.4 is 10.6 Å². The third kappa shape index (κ3) is 2.69. The van der Waals surface area contributed by atoms with Crippen LogP contribution in [0, 0.1) is 0 Å². The number of nitrogens with two attached hydrogens (primary N) is 1. The Morgan fingerprint density at radius 1 is 1.05 bits per heavy atom. The van der Waals surface area contributed by atoms with Crippen molar-refractivity contribution in [2.24, 2.45) is 10.7 Å². The summed E-state index contributed by atoms with van der Waals surface area (Å²) in [6, 6.07) is 12.8. The van der Waals surface area contributed by atoms with Gasteiger partial charge in [-0.25, -0.2) is 0 Å². The molecule has 3 nitrogen and oxygen atoms in total. The number of anilines is 1. The lowest BCUT2D eigenvalue weighted by molar-refractivity contribution is 0.769. The summed E-state index contributed by atoms with van der Waals surface area (Å²) in [5, 5.41) is 1.87. The number of halogens is 3. The monoisotopic (exact) mass is 339 g/mol. The van der Waals surface area contributed by atoms with E-state index in [9.17, 15) is 0 Å². The van der Waals surface area contributed by atoms with Crippen LogP contribution in [0.4, 0.5) is 5.69 Å². The smallest absolute Gasteiger partial charge is 0.196 e. The van der Waals surface area contributed by atoms with Crippen LogP contribution in [0.2, 0.25) is 15.1 Å². The van der Waals surface area contributed by atoms with Crippen LogP contribution in [0.1, 0.15) is 11.6 Å². The summed E-state index contributed by atoms with van der Waals surface area (Å²) in [4.78, 5) is 6.21. The highest BCUT2D eigenvalue weighted by atomic mass is 35.5. The predicted octanol–water partition coefficient (Wildman–Crippen LogP) is 4.52. The summed E-state index contributed by atoms with van der Waals surface area (Å²) in [5.74, 6) is 0.421. The summed E-state index contributed by atoms with van der Waals surface area (Å²) >= 11 is 18.7. The molecule has 1 aliphatic heterocycles. The topological polar surface area (TPSA) is 41.6 Å². The highest BCUT2D eigenvalue weighted by molar-refractivity contribution is 6.34. The van der Waals surface area contributed by atoms with Crippen molar-refractivity contribution >= 4 is 46.4 Å². The Morgan fingerprint density at radius 2 is 1.81 bits per heavy atom. The minimum absolute atomic E-state index is 0.115. The zero-order chi connectivity index (χ0) is 15.0. The van der Waals surface area contributed by atoms with Crippen molar-refractivity contribution in [2.45, 2.75) is 6.04 Å². The van der Waals surface area contributed by atoms with Gasteiger partial charge in [0.2, 0.25) is 0 Å². The number of hydrogen-bond donors (Lipinski definition) is 1. The Labute approximate surface area is 137 Å². The van der Waals surface area contributed by atoms with E-state index in [1.807, 2.05) is 35.2 Å². The number of guanidine groups is 1. The standard InChI is InChI=1S/C15H12Cl3N3/c16-9-5-6-11(17)10(7-9)14-8-20-15(19)21(14)13-4-2-1-3-12(13)18/h1-7,14H,8H2,(H2,19,20). The number of benzene rings is 2. The molecule has 0 radical (unpaired) electrons. The molecule has 1 unspecified atom stereocenters. The third-order valence-electron chi connectivity index (χ3n) is 3.41. The van der Waals surface area contributed by atoms with Crippen molar-refractivity contribution < 1.29 is 0 Å². The first-order valence-corrected chi connectivity index (χ1v) is 7.50. The van der Waals surface area contributed by atoms with Gasteiger partial charge < -0.3 is 10.6 Å². The van der Waals surface area contributed by atoms with Gasteiger partial charge in [0.25, 0.3) is 0 Å². The van der Waals surface area contributed by atoms with E-state index in [0.717, 1.165) is 11.3 Å². The molecule has 2 aromatic carbocycles. The molecular weight excluding hydrogens is 329 g/mol. The van der Waals surface area contributed by atoms with Crippen LogP contribution in [-0.2, 0) is 0 Å². The molecule has 0 saturated heterocycles. The van der Waals surface area contributed by atoms with Crippen LogP contribution in [0.5, 0.6) is 0 Å². The molecule has 0 saturated carbocycles. The Balaban J connectivity index is 2.07. The number of nitrogens with zero attached hydrogens (tertiary/aromatic N) is 2. The maximum Gasteiger partial charge on any atom is 0.196 e. The van der Waals surface area contributed by atoms with Gasteiger partial charge >= 0.3 is 0 Å². The summed E-state index contributed by atoms with van der Waals surface area (Å²) in [6.07, 6.45) is 0. The number of rotatable bonds is 2. The van der Waals surface area contributed by atoms with Crippen LogP contribution in [0.3, 0.4) is 0 Å². The first-order valence-electron chi connectivity index (χ1n) is 6.36. The fourth-order valence-corrected chi connectivity index (χ4v) is 3.09. The molecule has 3 rings (SSSR count). The summed E-state index contributed by atoms with van der Waals surface area (Å²) in [7, 11) is 0. The number of aliphatic imine (C=N–C) groups is 1. The van der Waals surface area contributed by atoms with E-state index in [-0.39, 0.29) is 6.04 Å². The average Bonchev–Trinajstić information content (AvgIpc) is 2.84. The molecule has 0 bridgehead atoms. The fraction of sp³-hybridized carbons (Fsp3) is 0.133. The molecule has 0 aliphatic carbocycles. The Bertz CT molecular complexity index is 715. The quantitative estimate of drug-likeness (QED) is 0.873. The Kier molecular flexibility index (Phi) is 3.98. The van der Waals surface area contributed by atoms with Crippen LogP contribution >= 0.6 is 34.8 Å². The van der Waals surface area contributed by atoms with E-state index in [2.05, 4.69) is 4.99 Å². The van der Waals surface area contributed by atoms with Crippen LogP contribution in [0.15, 0.2) is 47.5 Å². The molecule has 21 heavy (non-hydrogen) atoms. The van der Waals surface area contributed by atoms with E-state index >= 15 is 0 Å². The van der Waals surface area contributed by atoms with E-state index in [0.29, 0.717) is 27.6 Å². The first-order chi connectivity index (χ1) is 10.1. The number of para-hydroxylation sites is 1. The first kappa shape index (κ1) is 14.5. The number of hydrogen-bond acceptors (Lipinski definition) is 3. The lowest BCUT2D eigenvalue weighted by Crippen LogP contribution is -2.36. The molecule has 0 spiro atoms. The predicted molar refractivity (Wildman–Crippen MR) is 89.6 cm³/mol. The zero-order valence-corrected chi connectivity index (χ0v) is 13.2. The van der Waals surface area contributed by atoms with E-state index < -0.39 is 0 Å². The molecule has 2 aromatic rings. The highest BCUT2D eigenvalue weighted by Gasteiger charge is 2.31. The van der Waals surface area contributed by atoms with Gasteiger partial charge in [-0.3, -0.25) is 4.99 Å². The molecule has 1 atom stereocenters. The maximum absolute atomic E-state index is 6.31. The molecule has 108 valence electrons. The summed E-state index contributed by atoms with van der Waals surface area (Å²) < 4.78 is 0. The van der Waals surface area contributed by atoms with Crippen LogP contribution in [0.25, 0.3) is 0 Å². The van der Waals surface area contributed by atoms with Crippen molar-refractivity contribution in [2.75, 3.05) is 11.4 Å². The van der Waals surface area contributed by atoms with Crippen LogP contribution in [-0.4, -0.2) is 12.5 Å². The van der Waals surface area contributed by atoms with Crippen molar-refractivity contribution in [3.05, 3.63) is 63.1 Å². The lowest BCUT2D eigenvalue weighted by atomic mass is 10.1. The van der Waals surface area contributed by atoms with Gasteiger partial charge in [-0.2, -0.15) is 0 Å². The maximum atomic E-state index is 6.31. The molecule has 0 amide bonds. The Hall–Kier alpha value is -1.42. The van der Waals surface area contributed by atoms with Gasteiger partial charge in [-0.05, 0) is 35.9 Å². The highest BCUT2D eigenvalue weighted by Crippen LogP contribution is 2.38. The van der Waals surface area contributed by atoms with Gasteiger partial charge in [-0.1, -0.05) is 46.9 Å². The minimum Gasteiger partial charge on any atom is -0.369 e. The van der Waals surface area contributed by atoms with Gasteiger partial charge in [-0.15, -0.1) is 0 Å². The second-order valence-electron chi connectivity index (χ2n) is 4.70. The SMILES string of the molecule is NC1=NCC(c2cc(Cl)ccc2Cl)N1c1ccccc1Cl. The normalized spacial score (nSPS) is 18.0. The van der Waals surface area contributed by atoms with Crippen molar-refractivity contribution in [3.63, 3.8) is 0 Å². The van der Waals surface area contributed by atoms with Gasteiger partial charge in [0.1, 0.15) is 0 Å². The summed E-state index contributed by atoms with van der Waals surface area (Å²) in [6.45, 7) is 0.511. The van der Waals surface area contributed by atoms with Gasteiger partial charge in [0.15, 0.2) is 5.96 Å². The molecule has 2 N–H and O–H groups in total. The molecule has 0 aromatic heterocycles. The Morgan fingerprint density at radius 3 is 2.57 bits per heavy atom. The molecular formula is C15H12Cl3N3. The van der Waals surface area contributed by atoms with Gasteiger partial charge in [0, 0.05) is 10.0 Å². The second-order valence-corrected chi connectivity index (χ2v) is 5.95. The summed E-state index contributed by atoms with van der Waals surface area (Å²) in [5.41, 5.74) is 7.72. The van der Waals surface area contributed by atoms with Crippen molar-refractivity contribution in [3.8, 4) is 0 Å². The minimum atomic E-state index is -0.115. The van der Waals surface area contributed by atoms with Crippen molar-refractivity contribution in [1.29, 1.82) is 0 Å². The van der Waals surface area contributed by atoms with E-state index in [1.54, 1.807) is 12.1 Å². The van der Waals surface area contributed by atoms with E-state index in [4.69, 9.17) is 40.5 Å². The molecule has 6 heteroatoms. The third-order valence-corrected chi connectivity index (χ3v) is 4.31. The zero-order valence-electron chi connectivity index (χ0n) is 10.9. The van der Waals surface area contributed by atoms with E-state index in [1.165, 1.54) is 0 Å². The largest absolute Gasteiger partial charge is 0.369 e. The second kappa shape index (κ2) is 5.76. The molecule has 0 fully saturated rings.